The Bertz CT molecular complexity index is 770. The zero-order valence-electron chi connectivity index (χ0n) is 16.4. The van der Waals surface area contributed by atoms with E-state index in [4.69, 9.17) is 0 Å². The fourth-order valence-electron chi connectivity index (χ4n) is 3.82. The van der Waals surface area contributed by atoms with Gasteiger partial charge >= 0.3 is 0 Å². The van der Waals surface area contributed by atoms with Gasteiger partial charge in [-0.3, -0.25) is 14.5 Å². The van der Waals surface area contributed by atoms with E-state index in [0.29, 0.717) is 6.54 Å². The van der Waals surface area contributed by atoms with Crippen molar-refractivity contribution in [2.75, 3.05) is 20.6 Å². The monoisotopic (exact) mass is 401 g/mol. The van der Waals surface area contributed by atoms with Crippen LogP contribution in [0.1, 0.15) is 30.0 Å². The third-order valence-electron chi connectivity index (χ3n) is 5.16. The zero-order chi connectivity index (χ0) is 19.2. The van der Waals surface area contributed by atoms with Crippen LogP contribution in [0.5, 0.6) is 0 Å². The molecule has 0 aliphatic carbocycles. The fraction of sp³-hybridized carbons (Fsp3) is 0.364. The Kier molecular flexibility index (Phi) is 8.03. The van der Waals surface area contributed by atoms with Gasteiger partial charge in [-0.1, -0.05) is 60.7 Å². The summed E-state index contributed by atoms with van der Waals surface area (Å²) in [6.45, 7) is 1.31. The van der Waals surface area contributed by atoms with Crippen LogP contribution in [0.15, 0.2) is 60.7 Å². The van der Waals surface area contributed by atoms with Gasteiger partial charge in [0.1, 0.15) is 6.04 Å². The summed E-state index contributed by atoms with van der Waals surface area (Å²) in [6, 6.07) is 18.9. The molecule has 2 aromatic rings. The predicted molar refractivity (Wildman–Crippen MR) is 113 cm³/mol. The van der Waals surface area contributed by atoms with E-state index in [1.807, 2.05) is 67.7 Å². The number of halogens is 1. The Hall–Kier alpha value is -2.37. The number of carbonyl (C=O) groups is 2. The number of rotatable bonds is 6. The SMILES string of the molecule is CNC(=O)[C@@H](c1ccccc1)N1CCC[C@H]1C(=O)N(C)Cc1ccccc1.Cl. The molecule has 150 valence electrons. The van der Waals surface area contributed by atoms with Crippen molar-refractivity contribution in [3.63, 3.8) is 0 Å². The molecule has 0 saturated carbocycles. The molecule has 2 amide bonds. The van der Waals surface area contributed by atoms with E-state index in [9.17, 15) is 9.59 Å². The fourth-order valence-corrected chi connectivity index (χ4v) is 3.82. The van der Waals surface area contributed by atoms with Crippen molar-refractivity contribution < 1.29 is 9.59 Å². The first-order chi connectivity index (χ1) is 13.1. The molecule has 3 rings (SSSR count). The average Bonchev–Trinajstić information content (AvgIpc) is 3.18. The van der Waals surface area contributed by atoms with Crippen LogP contribution in [0.25, 0.3) is 0 Å². The van der Waals surface area contributed by atoms with Crippen molar-refractivity contribution in [1.29, 1.82) is 0 Å². The number of likely N-dealkylation sites (N-methyl/N-ethyl adjacent to an activating group) is 2. The quantitative estimate of drug-likeness (QED) is 0.809. The van der Waals surface area contributed by atoms with Gasteiger partial charge in [0.05, 0.1) is 6.04 Å². The molecule has 1 fully saturated rings. The minimum atomic E-state index is -0.447. The normalized spacial score (nSPS) is 17.4. The number of benzene rings is 2. The first kappa shape index (κ1) is 21.9. The number of hydrogen-bond donors (Lipinski definition) is 1. The van der Waals surface area contributed by atoms with Crippen LogP contribution in [-0.2, 0) is 16.1 Å². The molecule has 1 N–H and O–H groups in total. The van der Waals surface area contributed by atoms with Gasteiger partial charge in [-0.25, -0.2) is 0 Å². The Morgan fingerprint density at radius 1 is 1.11 bits per heavy atom. The zero-order valence-corrected chi connectivity index (χ0v) is 17.2. The lowest BCUT2D eigenvalue weighted by atomic mass is 10.0. The Balaban J connectivity index is 0.00000280. The van der Waals surface area contributed by atoms with E-state index in [0.717, 1.165) is 30.5 Å². The van der Waals surface area contributed by atoms with Crippen LogP contribution in [0.2, 0.25) is 0 Å². The Morgan fingerprint density at radius 2 is 1.71 bits per heavy atom. The highest BCUT2D eigenvalue weighted by molar-refractivity contribution is 5.86. The lowest BCUT2D eigenvalue weighted by molar-refractivity contribution is -0.138. The summed E-state index contributed by atoms with van der Waals surface area (Å²) in [5.74, 6) is -0.00667. The van der Waals surface area contributed by atoms with E-state index in [1.165, 1.54) is 0 Å². The van der Waals surface area contributed by atoms with Gasteiger partial charge in [0, 0.05) is 27.2 Å². The topological polar surface area (TPSA) is 52.7 Å². The molecule has 28 heavy (non-hydrogen) atoms. The van der Waals surface area contributed by atoms with E-state index < -0.39 is 6.04 Å². The molecule has 2 atom stereocenters. The van der Waals surface area contributed by atoms with E-state index in [1.54, 1.807) is 11.9 Å². The van der Waals surface area contributed by atoms with Gasteiger partial charge in [0.15, 0.2) is 0 Å². The first-order valence-electron chi connectivity index (χ1n) is 9.43. The summed E-state index contributed by atoms with van der Waals surface area (Å²) in [5, 5.41) is 2.76. The molecule has 0 aromatic heterocycles. The number of amides is 2. The van der Waals surface area contributed by atoms with Crippen LogP contribution in [0.3, 0.4) is 0 Å². The van der Waals surface area contributed by atoms with Gasteiger partial charge in [-0.05, 0) is 24.0 Å². The van der Waals surface area contributed by atoms with Gasteiger partial charge in [-0.2, -0.15) is 0 Å². The molecule has 1 saturated heterocycles. The summed E-state index contributed by atoms with van der Waals surface area (Å²) < 4.78 is 0. The van der Waals surface area contributed by atoms with Gasteiger partial charge < -0.3 is 10.2 Å². The molecule has 1 aliphatic rings. The number of nitrogens with one attached hydrogen (secondary N) is 1. The standard InChI is InChI=1S/C22H27N3O2.ClH/c1-23-21(26)20(18-12-7-4-8-13-18)25-15-9-14-19(25)22(27)24(2)16-17-10-5-3-6-11-17;/h3-8,10-13,19-20H,9,14-16H2,1-2H3,(H,23,26);1H/t19-,20+;/m0./s1. The summed E-state index contributed by atoms with van der Waals surface area (Å²) in [5.41, 5.74) is 2.02. The van der Waals surface area contributed by atoms with Crippen LogP contribution < -0.4 is 5.32 Å². The second-order valence-corrected chi connectivity index (χ2v) is 7.00. The molecule has 5 nitrogen and oxygen atoms in total. The van der Waals surface area contributed by atoms with Crippen LogP contribution >= 0.6 is 12.4 Å². The first-order valence-corrected chi connectivity index (χ1v) is 9.43. The van der Waals surface area contributed by atoms with Crippen LogP contribution in [-0.4, -0.2) is 48.3 Å². The summed E-state index contributed by atoms with van der Waals surface area (Å²) in [7, 11) is 3.48. The van der Waals surface area contributed by atoms with Gasteiger partial charge in [-0.15, -0.1) is 12.4 Å². The minimum absolute atomic E-state index is 0. The molecule has 1 heterocycles. The summed E-state index contributed by atoms with van der Waals surface area (Å²) >= 11 is 0. The molecule has 0 unspecified atom stereocenters. The predicted octanol–water partition coefficient (Wildman–Crippen LogP) is 3.02. The molecular weight excluding hydrogens is 374 g/mol. The highest BCUT2D eigenvalue weighted by atomic mass is 35.5. The van der Waals surface area contributed by atoms with Crippen molar-refractivity contribution in [2.45, 2.75) is 31.5 Å². The maximum absolute atomic E-state index is 13.2. The smallest absolute Gasteiger partial charge is 0.241 e. The number of nitrogens with zero attached hydrogens (tertiary/aromatic N) is 2. The largest absolute Gasteiger partial charge is 0.358 e. The lowest BCUT2D eigenvalue weighted by Gasteiger charge is -2.33. The van der Waals surface area contributed by atoms with Gasteiger partial charge in [0.2, 0.25) is 11.8 Å². The molecule has 1 aliphatic heterocycles. The van der Waals surface area contributed by atoms with Crippen molar-refractivity contribution in [2.24, 2.45) is 0 Å². The third-order valence-corrected chi connectivity index (χ3v) is 5.16. The second-order valence-electron chi connectivity index (χ2n) is 7.00. The highest BCUT2D eigenvalue weighted by Gasteiger charge is 2.40. The maximum Gasteiger partial charge on any atom is 0.241 e. The Morgan fingerprint density at radius 3 is 2.32 bits per heavy atom. The lowest BCUT2D eigenvalue weighted by Crippen LogP contribution is -2.48. The number of hydrogen-bond acceptors (Lipinski definition) is 3. The second kappa shape index (κ2) is 10.2. The van der Waals surface area contributed by atoms with Gasteiger partial charge in [0.25, 0.3) is 0 Å². The molecule has 2 aromatic carbocycles. The van der Waals surface area contributed by atoms with Crippen LogP contribution in [0.4, 0.5) is 0 Å². The maximum atomic E-state index is 13.2. The number of likely N-dealkylation sites (tertiary alicyclic amines) is 1. The average molecular weight is 402 g/mol. The number of carbonyl (C=O) groups excluding carboxylic acids is 2. The highest BCUT2D eigenvalue weighted by Crippen LogP contribution is 2.30. The molecule has 6 heteroatoms. The molecular formula is C22H28ClN3O2. The minimum Gasteiger partial charge on any atom is -0.358 e. The van der Waals surface area contributed by atoms with Crippen molar-refractivity contribution in [3.8, 4) is 0 Å². The third kappa shape index (κ3) is 4.91. The van der Waals surface area contributed by atoms with Crippen LogP contribution in [0, 0.1) is 0 Å². The molecule has 0 radical (unpaired) electrons. The van der Waals surface area contributed by atoms with Crippen molar-refractivity contribution >= 4 is 24.2 Å². The van der Waals surface area contributed by atoms with E-state index in [-0.39, 0.29) is 30.3 Å². The van der Waals surface area contributed by atoms with E-state index >= 15 is 0 Å². The van der Waals surface area contributed by atoms with Crippen molar-refractivity contribution in [3.05, 3.63) is 71.8 Å². The molecule has 0 spiro atoms. The molecule has 0 bridgehead atoms. The Labute approximate surface area is 173 Å². The van der Waals surface area contributed by atoms with Crippen molar-refractivity contribution in [1.82, 2.24) is 15.1 Å². The summed E-state index contributed by atoms with van der Waals surface area (Å²) in [4.78, 5) is 29.6. The summed E-state index contributed by atoms with van der Waals surface area (Å²) in [6.07, 6.45) is 1.69. The van der Waals surface area contributed by atoms with E-state index in [2.05, 4.69) is 10.2 Å².